The zero-order valence-corrected chi connectivity index (χ0v) is 16.6. The van der Waals surface area contributed by atoms with Crippen LogP contribution in [0, 0.1) is 10.1 Å². The average molecular weight is 394 g/mol. The standard InChI is InChI=1S/C22H26N4O3/c1-16-13-17-14-20(26(28)29)9-10-21(17)25(16)15-22(27)23-18-5-7-19(8-6-18)24-11-3-2-4-12-24/h5-10,14,16H,2-4,11-13,15H2,1H3,(H,23,27). The summed E-state index contributed by atoms with van der Waals surface area (Å²) in [6.45, 7) is 4.44. The van der Waals surface area contributed by atoms with Gasteiger partial charge in [-0.15, -0.1) is 0 Å². The molecule has 1 atom stereocenters. The van der Waals surface area contributed by atoms with Crippen LogP contribution in [0.3, 0.4) is 0 Å². The van der Waals surface area contributed by atoms with Crippen LogP contribution in [0.5, 0.6) is 0 Å². The first-order chi connectivity index (χ1) is 14.0. The van der Waals surface area contributed by atoms with Crippen molar-refractivity contribution in [2.24, 2.45) is 0 Å². The highest BCUT2D eigenvalue weighted by molar-refractivity contribution is 5.94. The molecule has 7 nitrogen and oxygen atoms in total. The van der Waals surface area contributed by atoms with Crippen molar-refractivity contribution in [1.29, 1.82) is 0 Å². The lowest BCUT2D eigenvalue weighted by Crippen LogP contribution is -2.37. The summed E-state index contributed by atoms with van der Waals surface area (Å²) >= 11 is 0. The third-order valence-electron chi connectivity index (χ3n) is 5.82. The molecule has 2 aromatic rings. The minimum Gasteiger partial charge on any atom is -0.372 e. The highest BCUT2D eigenvalue weighted by Crippen LogP contribution is 2.34. The highest BCUT2D eigenvalue weighted by Gasteiger charge is 2.29. The van der Waals surface area contributed by atoms with Crippen LogP contribution in [0.25, 0.3) is 0 Å². The van der Waals surface area contributed by atoms with Crippen LogP contribution in [0.2, 0.25) is 0 Å². The van der Waals surface area contributed by atoms with E-state index in [0.717, 1.165) is 30.0 Å². The van der Waals surface area contributed by atoms with Gasteiger partial charge in [-0.2, -0.15) is 0 Å². The molecule has 2 aliphatic rings. The number of fused-ring (bicyclic) bond motifs is 1. The molecule has 1 amide bonds. The molecule has 0 aliphatic carbocycles. The minimum absolute atomic E-state index is 0.0891. The molecule has 0 bridgehead atoms. The van der Waals surface area contributed by atoms with Gasteiger partial charge in [0.1, 0.15) is 0 Å². The van der Waals surface area contributed by atoms with E-state index in [2.05, 4.69) is 22.3 Å². The van der Waals surface area contributed by atoms with E-state index in [1.54, 1.807) is 12.1 Å². The van der Waals surface area contributed by atoms with Gasteiger partial charge in [-0.1, -0.05) is 0 Å². The Balaban J connectivity index is 1.39. The first kappa shape index (κ1) is 19.2. The molecule has 1 unspecified atom stereocenters. The van der Waals surface area contributed by atoms with Crippen molar-refractivity contribution in [1.82, 2.24) is 0 Å². The van der Waals surface area contributed by atoms with E-state index in [4.69, 9.17) is 0 Å². The van der Waals surface area contributed by atoms with Gasteiger partial charge in [0.25, 0.3) is 5.69 Å². The topological polar surface area (TPSA) is 78.7 Å². The van der Waals surface area contributed by atoms with E-state index in [-0.39, 0.29) is 29.1 Å². The second kappa shape index (κ2) is 8.11. The molecule has 152 valence electrons. The molecule has 0 aromatic heterocycles. The van der Waals surface area contributed by atoms with Crippen LogP contribution in [0.4, 0.5) is 22.7 Å². The Morgan fingerprint density at radius 1 is 1.14 bits per heavy atom. The van der Waals surface area contributed by atoms with Crippen molar-refractivity contribution < 1.29 is 9.72 Å². The lowest BCUT2D eigenvalue weighted by molar-refractivity contribution is -0.384. The smallest absolute Gasteiger partial charge is 0.269 e. The molecular weight excluding hydrogens is 368 g/mol. The van der Waals surface area contributed by atoms with Crippen LogP contribution < -0.4 is 15.1 Å². The van der Waals surface area contributed by atoms with Crippen molar-refractivity contribution >= 4 is 28.7 Å². The largest absolute Gasteiger partial charge is 0.372 e. The molecule has 1 saturated heterocycles. The molecule has 1 N–H and O–H groups in total. The van der Waals surface area contributed by atoms with Crippen molar-refractivity contribution in [3.8, 4) is 0 Å². The summed E-state index contributed by atoms with van der Waals surface area (Å²) in [4.78, 5) is 27.6. The Morgan fingerprint density at radius 2 is 1.86 bits per heavy atom. The molecule has 2 aliphatic heterocycles. The maximum atomic E-state index is 12.6. The summed E-state index contributed by atoms with van der Waals surface area (Å²) in [5.41, 5.74) is 3.90. The van der Waals surface area contributed by atoms with E-state index in [1.165, 1.54) is 31.0 Å². The first-order valence-electron chi connectivity index (χ1n) is 10.2. The van der Waals surface area contributed by atoms with Gasteiger partial charge in [0.15, 0.2) is 0 Å². The van der Waals surface area contributed by atoms with Crippen LogP contribution in [-0.2, 0) is 11.2 Å². The number of nitro groups is 1. The highest BCUT2D eigenvalue weighted by atomic mass is 16.6. The van der Waals surface area contributed by atoms with Crippen LogP contribution in [0.1, 0.15) is 31.7 Å². The van der Waals surface area contributed by atoms with E-state index in [1.807, 2.05) is 24.0 Å². The number of nitrogens with zero attached hydrogens (tertiary/aromatic N) is 3. The van der Waals surface area contributed by atoms with Gasteiger partial charge in [-0.3, -0.25) is 14.9 Å². The van der Waals surface area contributed by atoms with Gasteiger partial charge in [0.05, 0.1) is 11.5 Å². The number of nitrogens with one attached hydrogen (secondary N) is 1. The van der Waals surface area contributed by atoms with E-state index < -0.39 is 0 Å². The molecule has 29 heavy (non-hydrogen) atoms. The molecule has 2 aromatic carbocycles. The number of carbonyl (C=O) groups is 1. The van der Waals surface area contributed by atoms with Crippen molar-refractivity contribution in [3.05, 3.63) is 58.1 Å². The number of non-ortho nitro benzene ring substituents is 1. The van der Waals surface area contributed by atoms with Gasteiger partial charge in [-0.25, -0.2) is 0 Å². The van der Waals surface area contributed by atoms with E-state index in [0.29, 0.717) is 6.42 Å². The second-order valence-electron chi connectivity index (χ2n) is 7.89. The normalized spacial score (nSPS) is 18.4. The predicted molar refractivity (Wildman–Crippen MR) is 115 cm³/mol. The van der Waals surface area contributed by atoms with E-state index >= 15 is 0 Å². The molecule has 4 rings (SSSR count). The number of amides is 1. The molecule has 7 heteroatoms. The molecular formula is C22H26N4O3. The molecule has 1 fully saturated rings. The van der Waals surface area contributed by atoms with E-state index in [9.17, 15) is 14.9 Å². The maximum absolute atomic E-state index is 12.6. The zero-order chi connectivity index (χ0) is 20.4. The van der Waals surface area contributed by atoms with Gasteiger partial charge in [0, 0.05) is 48.3 Å². The fourth-order valence-electron chi connectivity index (χ4n) is 4.30. The van der Waals surface area contributed by atoms with Gasteiger partial charge in [-0.05, 0) is 68.5 Å². The molecule has 0 radical (unpaired) electrons. The molecule has 2 heterocycles. The predicted octanol–water partition coefficient (Wildman–Crippen LogP) is 3.97. The van der Waals surface area contributed by atoms with Gasteiger partial charge >= 0.3 is 0 Å². The average Bonchev–Trinajstić information content (AvgIpc) is 3.03. The number of hydrogen-bond acceptors (Lipinski definition) is 5. The van der Waals surface area contributed by atoms with Crippen LogP contribution >= 0.6 is 0 Å². The number of nitro benzene ring substituents is 1. The number of rotatable bonds is 5. The Morgan fingerprint density at radius 3 is 2.55 bits per heavy atom. The SMILES string of the molecule is CC1Cc2cc([N+](=O)[O-])ccc2N1CC(=O)Nc1ccc(N2CCCCC2)cc1. The van der Waals surface area contributed by atoms with Crippen molar-refractivity contribution in [3.63, 3.8) is 0 Å². The molecule has 0 spiro atoms. The minimum atomic E-state index is -0.381. The van der Waals surface area contributed by atoms with Gasteiger partial charge in [0.2, 0.25) is 5.91 Å². The Hall–Kier alpha value is -3.09. The fraction of sp³-hybridized carbons (Fsp3) is 0.409. The van der Waals surface area contributed by atoms with Crippen LogP contribution in [-0.4, -0.2) is 36.5 Å². The first-order valence-corrected chi connectivity index (χ1v) is 10.2. The third kappa shape index (κ3) is 4.18. The number of anilines is 3. The number of hydrogen-bond donors (Lipinski definition) is 1. The maximum Gasteiger partial charge on any atom is 0.269 e. The Bertz CT molecular complexity index is 907. The summed E-state index contributed by atoms with van der Waals surface area (Å²) in [7, 11) is 0. The number of carbonyl (C=O) groups excluding carboxylic acids is 1. The summed E-state index contributed by atoms with van der Waals surface area (Å²) in [5, 5.41) is 14.0. The monoisotopic (exact) mass is 394 g/mol. The fourth-order valence-corrected chi connectivity index (χ4v) is 4.30. The molecule has 0 saturated carbocycles. The Kier molecular flexibility index (Phi) is 5.38. The van der Waals surface area contributed by atoms with Gasteiger partial charge < -0.3 is 15.1 Å². The zero-order valence-electron chi connectivity index (χ0n) is 16.6. The number of benzene rings is 2. The third-order valence-corrected chi connectivity index (χ3v) is 5.82. The van der Waals surface area contributed by atoms with Crippen molar-refractivity contribution in [2.45, 2.75) is 38.6 Å². The van der Waals surface area contributed by atoms with Crippen LogP contribution in [0.15, 0.2) is 42.5 Å². The lowest BCUT2D eigenvalue weighted by Gasteiger charge is -2.29. The lowest BCUT2D eigenvalue weighted by atomic mass is 10.1. The number of piperidine rings is 1. The summed E-state index contributed by atoms with van der Waals surface area (Å²) in [6, 6.07) is 13.0. The van der Waals surface area contributed by atoms with Crippen molar-refractivity contribution in [2.75, 3.05) is 34.8 Å². The summed E-state index contributed by atoms with van der Waals surface area (Å²) in [6.07, 6.45) is 4.47. The quantitative estimate of drug-likeness (QED) is 0.613. The summed E-state index contributed by atoms with van der Waals surface area (Å²) in [5.74, 6) is -0.0891. The summed E-state index contributed by atoms with van der Waals surface area (Å²) < 4.78 is 0. The Labute approximate surface area is 170 Å². The second-order valence-corrected chi connectivity index (χ2v) is 7.89.